The molecule has 12 rings (SSSR count). The van der Waals surface area contributed by atoms with Crippen LogP contribution < -0.4 is 9.80 Å². The van der Waals surface area contributed by atoms with E-state index in [1.807, 2.05) is 0 Å². The minimum Gasteiger partial charge on any atom is -0.310 e. The van der Waals surface area contributed by atoms with E-state index in [2.05, 4.69) is 265 Å². The molecule has 64 heavy (non-hydrogen) atoms. The van der Waals surface area contributed by atoms with E-state index in [4.69, 9.17) is 0 Å². The van der Waals surface area contributed by atoms with Gasteiger partial charge >= 0.3 is 0 Å². The van der Waals surface area contributed by atoms with Gasteiger partial charge in [-0.25, -0.2) is 0 Å². The highest BCUT2D eigenvalue weighted by Gasteiger charge is 2.52. The summed E-state index contributed by atoms with van der Waals surface area (Å²) >= 11 is 1.79. The van der Waals surface area contributed by atoms with Crippen molar-refractivity contribution in [2.24, 2.45) is 0 Å². The molecular formula is C61H42N2S. The van der Waals surface area contributed by atoms with Crippen molar-refractivity contribution in [3.05, 3.63) is 277 Å². The summed E-state index contributed by atoms with van der Waals surface area (Å²) in [6, 6.07) is 93.3. The molecule has 0 bridgehead atoms. The molecular weight excluding hydrogens is 793 g/mol. The fourth-order valence-electron chi connectivity index (χ4n) is 10.2. The molecule has 0 amide bonds. The Morgan fingerprint density at radius 3 is 1.28 bits per heavy atom. The molecule has 0 heterocycles. The average molecular weight is 835 g/mol. The molecule has 0 N–H and O–H groups in total. The fraction of sp³-hybridized carbons (Fsp3) is 0.0164. The molecule has 0 saturated heterocycles. The van der Waals surface area contributed by atoms with Gasteiger partial charge in [0.25, 0.3) is 0 Å². The number of hydrogen-bond donors (Lipinski definition) is 0. The maximum Gasteiger partial charge on any atom is 0.0727 e. The lowest BCUT2D eigenvalue weighted by Gasteiger charge is -2.34. The summed E-state index contributed by atoms with van der Waals surface area (Å²) in [6.07, 6.45) is 0. The first-order valence-corrected chi connectivity index (χ1v) is 22.7. The van der Waals surface area contributed by atoms with E-state index in [-0.39, 0.29) is 0 Å². The average Bonchev–Trinajstić information content (AvgIpc) is 3.82. The van der Waals surface area contributed by atoms with Gasteiger partial charge < -0.3 is 9.80 Å². The van der Waals surface area contributed by atoms with E-state index < -0.39 is 5.41 Å². The molecule has 2 aliphatic carbocycles. The van der Waals surface area contributed by atoms with Crippen LogP contribution in [-0.2, 0) is 5.41 Å². The zero-order chi connectivity index (χ0) is 42.5. The molecule has 0 aliphatic heterocycles. The van der Waals surface area contributed by atoms with Gasteiger partial charge in [0.2, 0.25) is 0 Å². The van der Waals surface area contributed by atoms with Crippen molar-refractivity contribution < 1.29 is 0 Å². The zero-order valence-corrected chi connectivity index (χ0v) is 35.9. The summed E-state index contributed by atoms with van der Waals surface area (Å²) in [5.74, 6) is 0. The molecule has 0 fully saturated rings. The van der Waals surface area contributed by atoms with Crippen LogP contribution in [0.15, 0.2) is 265 Å². The maximum atomic E-state index is 2.52. The molecule has 10 aromatic rings. The third-order valence-electron chi connectivity index (χ3n) is 12.9. The monoisotopic (exact) mass is 834 g/mol. The van der Waals surface area contributed by atoms with Crippen LogP contribution in [0.1, 0.15) is 22.3 Å². The predicted molar refractivity (Wildman–Crippen MR) is 268 cm³/mol. The van der Waals surface area contributed by atoms with E-state index in [0.29, 0.717) is 0 Å². The molecule has 2 aliphatic rings. The molecule has 3 heteroatoms. The Morgan fingerprint density at radius 1 is 0.266 bits per heavy atom. The summed E-state index contributed by atoms with van der Waals surface area (Å²) in [5, 5.41) is 0. The van der Waals surface area contributed by atoms with Gasteiger partial charge in [0.1, 0.15) is 0 Å². The van der Waals surface area contributed by atoms with Gasteiger partial charge in [0, 0.05) is 43.8 Å². The summed E-state index contributed by atoms with van der Waals surface area (Å²) in [4.78, 5) is 7.28. The third kappa shape index (κ3) is 6.19. The maximum absolute atomic E-state index is 2.52. The molecule has 1 atom stereocenters. The minimum absolute atomic E-state index is 0.588. The predicted octanol–water partition coefficient (Wildman–Crippen LogP) is 16.8. The number of nitrogens with zero attached hydrogens (tertiary/aromatic N) is 2. The van der Waals surface area contributed by atoms with Gasteiger partial charge in [0.15, 0.2) is 0 Å². The van der Waals surface area contributed by atoms with Crippen molar-refractivity contribution in [1.82, 2.24) is 0 Å². The Morgan fingerprint density at radius 2 is 0.688 bits per heavy atom. The van der Waals surface area contributed by atoms with Crippen molar-refractivity contribution in [2.75, 3.05) is 9.80 Å². The van der Waals surface area contributed by atoms with Crippen LogP contribution >= 0.6 is 11.8 Å². The van der Waals surface area contributed by atoms with Gasteiger partial charge in [-0.1, -0.05) is 169 Å². The smallest absolute Gasteiger partial charge is 0.0727 e. The largest absolute Gasteiger partial charge is 0.310 e. The molecule has 302 valence electrons. The van der Waals surface area contributed by atoms with Gasteiger partial charge in [-0.2, -0.15) is 0 Å². The van der Waals surface area contributed by atoms with Crippen molar-refractivity contribution in [3.8, 4) is 33.4 Å². The summed E-state index contributed by atoms with van der Waals surface area (Å²) < 4.78 is 0. The lowest BCUT2D eigenvalue weighted by atomic mass is 9.70. The molecule has 0 aromatic heterocycles. The van der Waals surface area contributed by atoms with E-state index in [0.717, 1.165) is 34.1 Å². The highest BCUT2D eigenvalue weighted by Crippen LogP contribution is 2.65. The number of hydrogen-bond acceptors (Lipinski definition) is 3. The van der Waals surface area contributed by atoms with Crippen LogP contribution in [0, 0.1) is 0 Å². The number of anilines is 6. The number of benzene rings is 10. The van der Waals surface area contributed by atoms with Crippen LogP contribution in [0.25, 0.3) is 33.4 Å². The quantitative estimate of drug-likeness (QED) is 0.143. The Kier molecular flexibility index (Phi) is 9.35. The Hall–Kier alpha value is -7.85. The van der Waals surface area contributed by atoms with E-state index in [1.54, 1.807) is 11.8 Å². The van der Waals surface area contributed by atoms with E-state index in [9.17, 15) is 0 Å². The lowest BCUT2D eigenvalue weighted by molar-refractivity contribution is 0.793. The van der Waals surface area contributed by atoms with Crippen LogP contribution in [0.2, 0.25) is 0 Å². The number of para-hydroxylation sites is 3. The van der Waals surface area contributed by atoms with Crippen LogP contribution in [-0.4, -0.2) is 0 Å². The van der Waals surface area contributed by atoms with Gasteiger partial charge in [-0.3, -0.25) is 0 Å². The standard InChI is InChI=1S/C61H42N2S/c1-6-20-43(21-7-1)54-41-55-52-31-17-19-33-57(52)61(59(55)42-60(54)63(45-24-10-3-11-25-45)46-26-12-4-13-27-46)56-32-18-16-30-51(56)53-39-36-48(40-58(53)61)62(44-22-8-2-9-23-44)47-34-37-50(38-35-47)64-49-28-14-5-15-29-49/h1-42H. The number of fused-ring (bicyclic) bond motifs is 10. The molecule has 1 unspecified atom stereocenters. The van der Waals surface area contributed by atoms with Crippen molar-refractivity contribution >= 4 is 45.9 Å². The molecule has 2 nitrogen and oxygen atoms in total. The minimum atomic E-state index is -0.588. The Bertz CT molecular complexity index is 3240. The summed E-state index contributed by atoms with van der Waals surface area (Å²) in [7, 11) is 0. The van der Waals surface area contributed by atoms with E-state index >= 15 is 0 Å². The Balaban J connectivity index is 1.11. The SMILES string of the molecule is c1ccc(Sc2ccc(N(c3ccccc3)c3ccc4c(c3)C3(c5ccccc5-4)c4ccccc4-c4cc(-c5ccccc5)c(N(c5ccccc5)c5ccccc5)cc43)cc2)cc1. The topological polar surface area (TPSA) is 6.48 Å². The highest BCUT2D eigenvalue weighted by molar-refractivity contribution is 7.99. The Labute approximate surface area is 379 Å². The first-order chi connectivity index (χ1) is 31.8. The van der Waals surface area contributed by atoms with Gasteiger partial charge in [0.05, 0.1) is 11.1 Å². The van der Waals surface area contributed by atoms with Crippen molar-refractivity contribution in [1.29, 1.82) is 0 Å². The lowest BCUT2D eigenvalue weighted by Crippen LogP contribution is -2.26. The molecule has 0 saturated carbocycles. The number of rotatable bonds is 9. The van der Waals surface area contributed by atoms with E-state index in [1.165, 1.54) is 65.4 Å². The second-order valence-corrected chi connectivity index (χ2v) is 17.6. The van der Waals surface area contributed by atoms with Crippen LogP contribution in [0.3, 0.4) is 0 Å². The second kappa shape index (κ2) is 15.8. The normalized spacial score (nSPS) is 14.1. The molecule has 0 radical (unpaired) electrons. The summed E-state index contributed by atoms with van der Waals surface area (Å²) in [6.45, 7) is 0. The van der Waals surface area contributed by atoms with Gasteiger partial charge in [-0.15, -0.1) is 0 Å². The first kappa shape index (κ1) is 37.9. The van der Waals surface area contributed by atoms with Crippen molar-refractivity contribution in [2.45, 2.75) is 15.2 Å². The molecule has 1 spiro atoms. The third-order valence-corrected chi connectivity index (χ3v) is 13.9. The second-order valence-electron chi connectivity index (χ2n) is 16.4. The van der Waals surface area contributed by atoms with Gasteiger partial charge in [-0.05, 0) is 147 Å². The van der Waals surface area contributed by atoms with Crippen LogP contribution in [0.4, 0.5) is 34.1 Å². The first-order valence-electron chi connectivity index (χ1n) is 21.9. The highest BCUT2D eigenvalue weighted by atomic mass is 32.2. The summed E-state index contributed by atoms with van der Waals surface area (Å²) in [5.41, 5.74) is 18.7. The molecule has 10 aromatic carbocycles. The zero-order valence-electron chi connectivity index (χ0n) is 35.1. The van der Waals surface area contributed by atoms with Crippen LogP contribution in [0.5, 0.6) is 0 Å². The fourth-order valence-corrected chi connectivity index (χ4v) is 11.1. The van der Waals surface area contributed by atoms with Crippen molar-refractivity contribution in [3.63, 3.8) is 0 Å².